The van der Waals surface area contributed by atoms with Gasteiger partial charge in [-0.15, -0.1) is 0 Å². The molecule has 18 heavy (non-hydrogen) atoms. The molecule has 1 N–H and O–H groups in total. The number of carbonyl (C=O) groups excluding carboxylic acids is 1. The molecule has 1 aromatic rings. The maximum atomic E-state index is 13.4. The van der Waals surface area contributed by atoms with Crippen LogP contribution in [0.15, 0.2) is 22.7 Å². The Morgan fingerprint density at radius 2 is 2.11 bits per heavy atom. The van der Waals surface area contributed by atoms with E-state index in [0.29, 0.717) is 4.47 Å². The molecule has 1 rings (SSSR count). The number of hydrogen-bond acceptors (Lipinski definition) is 3. The highest BCUT2D eigenvalue weighted by molar-refractivity contribution is 9.10. The quantitative estimate of drug-likeness (QED) is 0.868. The molecule has 0 aliphatic heterocycles. The monoisotopic (exact) mass is 319 g/mol. The summed E-state index contributed by atoms with van der Waals surface area (Å²) >= 11 is 3.13. The number of benzene rings is 1. The molecule has 6 heteroatoms. The molecule has 0 atom stereocenters. The van der Waals surface area contributed by atoms with E-state index >= 15 is 0 Å². The zero-order valence-electron chi connectivity index (χ0n) is 10.4. The Kier molecular flexibility index (Phi) is 5.10. The van der Waals surface area contributed by atoms with E-state index in [2.05, 4.69) is 21.4 Å². The summed E-state index contributed by atoms with van der Waals surface area (Å²) in [7, 11) is 0. The van der Waals surface area contributed by atoms with Crippen molar-refractivity contribution in [1.82, 2.24) is 5.48 Å². The highest BCUT2D eigenvalue weighted by Gasteiger charge is 2.13. The van der Waals surface area contributed by atoms with Crippen LogP contribution in [0.1, 0.15) is 20.8 Å². The van der Waals surface area contributed by atoms with Gasteiger partial charge in [0.2, 0.25) is 0 Å². The Hall–Kier alpha value is -1.14. The molecule has 0 spiro atoms. The van der Waals surface area contributed by atoms with Crippen LogP contribution in [0.5, 0.6) is 5.75 Å². The summed E-state index contributed by atoms with van der Waals surface area (Å²) in [5.41, 5.74) is 1.74. The van der Waals surface area contributed by atoms with Gasteiger partial charge in [-0.25, -0.2) is 9.87 Å². The minimum atomic E-state index is -0.533. The van der Waals surface area contributed by atoms with Gasteiger partial charge >= 0.3 is 0 Å². The fourth-order valence-corrected chi connectivity index (χ4v) is 1.31. The van der Waals surface area contributed by atoms with Gasteiger partial charge in [0, 0.05) is 4.47 Å². The van der Waals surface area contributed by atoms with Crippen LogP contribution < -0.4 is 10.2 Å². The van der Waals surface area contributed by atoms with Crippen molar-refractivity contribution in [2.24, 2.45) is 0 Å². The minimum Gasteiger partial charge on any atom is -0.481 e. The highest BCUT2D eigenvalue weighted by Crippen LogP contribution is 2.21. The number of rotatable bonds is 4. The maximum absolute atomic E-state index is 13.4. The zero-order valence-corrected chi connectivity index (χ0v) is 12.0. The van der Waals surface area contributed by atoms with Gasteiger partial charge < -0.3 is 4.74 Å². The Labute approximate surface area is 114 Å². The number of hydrogen-bond donors (Lipinski definition) is 1. The molecule has 0 fully saturated rings. The van der Waals surface area contributed by atoms with Gasteiger partial charge in [-0.05, 0) is 39.0 Å². The second-order valence-corrected chi connectivity index (χ2v) is 5.52. The van der Waals surface area contributed by atoms with Crippen molar-refractivity contribution in [3.63, 3.8) is 0 Å². The van der Waals surface area contributed by atoms with Crippen LogP contribution in [-0.4, -0.2) is 18.1 Å². The summed E-state index contributed by atoms with van der Waals surface area (Å²) in [6, 6.07) is 4.33. The number of nitrogens with one attached hydrogen (secondary N) is 1. The maximum Gasteiger partial charge on any atom is 0.281 e. The lowest BCUT2D eigenvalue weighted by Gasteiger charge is -2.18. The standard InChI is InChI=1S/C12H15BrFNO3/c1-12(2,3)18-15-11(16)7-17-10-5-4-8(13)6-9(10)14/h4-6H,7H2,1-3H3,(H,15,16). The average Bonchev–Trinajstić information content (AvgIpc) is 2.24. The largest absolute Gasteiger partial charge is 0.481 e. The molecule has 0 aliphatic carbocycles. The van der Waals surface area contributed by atoms with Crippen molar-refractivity contribution in [2.45, 2.75) is 26.4 Å². The predicted octanol–water partition coefficient (Wildman–Crippen LogP) is 2.81. The molecule has 0 saturated carbocycles. The number of hydroxylamine groups is 1. The van der Waals surface area contributed by atoms with E-state index in [9.17, 15) is 9.18 Å². The summed E-state index contributed by atoms with van der Waals surface area (Å²) < 4.78 is 19.0. The van der Waals surface area contributed by atoms with Gasteiger partial charge in [-0.3, -0.25) is 9.63 Å². The predicted molar refractivity (Wildman–Crippen MR) is 68.6 cm³/mol. The molecule has 1 aromatic carbocycles. The zero-order chi connectivity index (χ0) is 13.8. The molecule has 100 valence electrons. The van der Waals surface area contributed by atoms with Gasteiger partial charge in [0.05, 0.1) is 5.60 Å². The number of amides is 1. The second-order valence-electron chi connectivity index (χ2n) is 4.60. The molecule has 0 heterocycles. The molecule has 0 saturated heterocycles. The molecule has 0 aliphatic rings. The van der Waals surface area contributed by atoms with Crippen LogP contribution >= 0.6 is 15.9 Å². The van der Waals surface area contributed by atoms with Crippen LogP contribution in [0.2, 0.25) is 0 Å². The van der Waals surface area contributed by atoms with Crippen molar-refractivity contribution in [3.05, 3.63) is 28.5 Å². The molecule has 0 radical (unpaired) electrons. The molecule has 4 nitrogen and oxygen atoms in total. The average molecular weight is 320 g/mol. The van der Waals surface area contributed by atoms with E-state index in [1.165, 1.54) is 12.1 Å². The van der Waals surface area contributed by atoms with Crippen LogP contribution in [0.25, 0.3) is 0 Å². The van der Waals surface area contributed by atoms with Crippen molar-refractivity contribution in [2.75, 3.05) is 6.61 Å². The Morgan fingerprint density at radius 3 is 2.67 bits per heavy atom. The molecule has 0 bridgehead atoms. The lowest BCUT2D eigenvalue weighted by atomic mass is 10.2. The Bertz CT molecular complexity index is 432. The normalized spacial score (nSPS) is 11.2. The first-order valence-corrected chi connectivity index (χ1v) is 6.12. The summed E-state index contributed by atoms with van der Waals surface area (Å²) in [4.78, 5) is 16.4. The van der Waals surface area contributed by atoms with E-state index in [1.54, 1.807) is 26.8 Å². The SMILES string of the molecule is CC(C)(C)ONC(=O)COc1ccc(Br)cc1F. The molecular formula is C12H15BrFNO3. The topological polar surface area (TPSA) is 47.6 Å². The summed E-state index contributed by atoms with van der Waals surface area (Å²) in [5.74, 6) is -0.995. The smallest absolute Gasteiger partial charge is 0.281 e. The summed E-state index contributed by atoms with van der Waals surface area (Å²) in [6.45, 7) is 5.07. The summed E-state index contributed by atoms with van der Waals surface area (Å²) in [5, 5.41) is 0. The number of ether oxygens (including phenoxy) is 1. The van der Waals surface area contributed by atoms with Gasteiger partial charge in [0.25, 0.3) is 5.91 Å². The fraction of sp³-hybridized carbons (Fsp3) is 0.417. The van der Waals surface area contributed by atoms with Crippen LogP contribution in [0.3, 0.4) is 0 Å². The van der Waals surface area contributed by atoms with E-state index in [-0.39, 0.29) is 12.4 Å². The van der Waals surface area contributed by atoms with Crippen LogP contribution in [0.4, 0.5) is 4.39 Å². The van der Waals surface area contributed by atoms with E-state index in [1.807, 2.05) is 0 Å². The molecule has 0 aromatic heterocycles. The van der Waals surface area contributed by atoms with Crippen LogP contribution in [-0.2, 0) is 9.63 Å². The third kappa shape index (κ3) is 5.46. The molecular weight excluding hydrogens is 305 g/mol. The first-order chi connectivity index (χ1) is 8.28. The van der Waals surface area contributed by atoms with Gasteiger partial charge in [-0.2, -0.15) is 0 Å². The molecule has 1 amide bonds. The van der Waals surface area contributed by atoms with E-state index < -0.39 is 17.3 Å². The number of carbonyl (C=O) groups is 1. The van der Waals surface area contributed by atoms with Crippen molar-refractivity contribution in [3.8, 4) is 5.75 Å². The summed E-state index contributed by atoms with van der Waals surface area (Å²) in [6.07, 6.45) is 0. The third-order valence-corrected chi connectivity index (χ3v) is 2.22. The Balaban J connectivity index is 2.43. The second kappa shape index (κ2) is 6.15. The highest BCUT2D eigenvalue weighted by atomic mass is 79.9. The number of halogens is 2. The lowest BCUT2D eigenvalue weighted by Crippen LogP contribution is -2.36. The van der Waals surface area contributed by atoms with Gasteiger partial charge in [-0.1, -0.05) is 15.9 Å². The van der Waals surface area contributed by atoms with Crippen molar-refractivity contribution >= 4 is 21.8 Å². The van der Waals surface area contributed by atoms with Gasteiger partial charge in [0.15, 0.2) is 18.2 Å². The first-order valence-electron chi connectivity index (χ1n) is 5.32. The first kappa shape index (κ1) is 14.9. The van der Waals surface area contributed by atoms with E-state index in [4.69, 9.17) is 9.57 Å². The van der Waals surface area contributed by atoms with Crippen molar-refractivity contribution in [1.29, 1.82) is 0 Å². The van der Waals surface area contributed by atoms with Crippen LogP contribution in [0, 0.1) is 5.82 Å². The van der Waals surface area contributed by atoms with Gasteiger partial charge in [0.1, 0.15) is 0 Å². The lowest BCUT2D eigenvalue weighted by molar-refractivity contribution is -0.147. The minimum absolute atomic E-state index is 0.0177. The van der Waals surface area contributed by atoms with Crippen molar-refractivity contribution < 1.29 is 18.8 Å². The Morgan fingerprint density at radius 1 is 1.44 bits per heavy atom. The van der Waals surface area contributed by atoms with E-state index in [0.717, 1.165) is 0 Å². The molecule has 0 unspecified atom stereocenters. The third-order valence-electron chi connectivity index (χ3n) is 1.72. The fourth-order valence-electron chi connectivity index (χ4n) is 0.975.